The van der Waals surface area contributed by atoms with Crippen molar-refractivity contribution in [1.29, 1.82) is 0 Å². The Morgan fingerprint density at radius 1 is 0.455 bits per heavy atom. The van der Waals surface area contributed by atoms with Crippen LogP contribution in [0.1, 0.15) is 63.8 Å². The van der Waals surface area contributed by atoms with Crippen molar-refractivity contribution in [3.8, 4) is 11.4 Å². The predicted octanol–water partition coefficient (Wildman–Crippen LogP) is 7.52. The molecule has 0 saturated heterocycles. The molecule has 0 N–H and O–H groups in total. The van der Waals surface area contributed by atoms with Gasteiger partial charge in [-0.15, -0.1) is 10.2 Å². The van der Waals surface area contributed by atoms with Crippen LogP contribution < -0.4 is 0 Å². The first-order chi connectivity index (χ1) is 21.0. The lowest BCUT2D eigenvalue weighted by molar-refractivity contribution is 0.579. The van der Waals surface area contributed by atoms with Gasteiger partial charge >= 0.3 is 0 Å². The maximum Gasteiger partial charge on any atom is 0.122 e. The Morgan fingerprint density at radius 2 is 0.818 bits per heavy atom. The molecule has 6 nitrogen and oxygen atoms in total. The summed E-state index contributed by atoms with van der Waals surface area (Å²) in [5.74, 6) is 0. The van der Waals surface area contributed by atoms with Gasteiger partial charge in [0.25, 0.3) is 0 Å². The predicted molar refractivity (Wildman–Crippen MR) is 173 cm³/mol. The standard InChI is InChI=1S/C38H38N6/c1-23-15-13-21-29(37(3,4)5)33(23)43-35-27-19-11-12-20-28(27)36-32(26-18-10-9-17-25(26)31(35)39-41-43)40-42-44(36)34-24(2)16-14-22-30(34)38(6,7)8/h9-22H,1-8H3/b31-25+,32-26+,35-27+,36-28+. The minimum absolute atomic E-state index is 0.0941. The van der Waals surface area contributed by atoms with Gasteiger partial charge in [0.05, 0.1) is 11.4 Å². The molecule has 6 heteroatoms. The highest BCUT2D eigenvalue weighted by molar-refractivity contribution is 5.52. The van der Waals surface area contributed by atoms with Crippen LogP contribution in [-0.2, 0) is 10.8 Å². The second-order valence-corrected chi connectivity index (χ2v) is 13.9. The molecule has 0 aliphatic heterocycles. The number of hydrogen-bond acceptors (Lipinski definition) is 4. The summed E-state index contributed by atoms with van der Waals surface area (Å²) in [7, 11) is 0. The second-order valence-electron chi connectivity index (χ2n) is 13.9. The molecule has 4 aromatic carbocycles. The molecule has 0 amide bonds. The zero-order valence-electron chi connectivity index (χ0n) is 26.8. The summed E-state index contributed by atoms with van der Waals surface area (Å²) in [6, 6.07) is 29.9. The molecular weight excluding hydrogens is 540 g/mol. The van der Waals surface area contributed by atoms with Crippen molar-refractivity contribution in [1.82, 2.24) is 30.0 Å². The van der Waals surface area contributed by atoms with Gasteiger partial charge in [-0.25, -0.2) is 9.36 Å². The van der Waals surface area contributed by atoms with Crippen LogP contribution in [0.4, 0.5) is 0 Å². The highest BCUT2D eigenvalue weighted by Gasteiger charge is 2.24. The number of hydrogen-bond donors (Lipinski definition) is 0. The molecule has 220 valence electrons. The minimum Gasteiger partial charge on any atom is -0.212 e. The van der Waals surface area contributed by atoms with Crippen LogP contribution in [-0.4, -0.2) is 30.0 Å². The SMILES string of the molecule is Cc1cccc(C(C)(C)C)c1-n1nnc2/c1=c1/cccc/c1=c1/c(nnn1-c1c(C)cccc1C(C)(C)C)=c1/cccc/c1=2. The molecule has 6 aromatic rings. The van der Waals surface area contributed by atoms with E-state index >= 15 is 0 Å². The molecule has 0 saturated carbocycles. The van der Waals surface area contributed by atoms with Gasteiger partial charge in [0.15, 0.2) is 0 Å². The van der Waals surface area contributed by atoms with Gasteiger partial charge in [-0.3, -0.25) is 0 Å². The van der Waals surface area contributed by atoms with E-state index < -0.39 is 0 Å². The smallest absolute Gasteiger partial charge is 0.122 e. The summed E-state index contributed by atoms with van der Waals surface area (Å²) in [4.78, 5) is 0. The van der Waals surface area contributed by atoms with E-state index in [4.69, 9.17) is 20.6 Å². The molecule has 0 bridgehead atoms. The fraction of sp³-hybridized carbons (Fsp3) is 0.263. The number of aromatic nitrogens is 6. The van der Waals surface area contributed by atoms with E-state index in [1.807, 2.05) is 0 Å². The first-order valence-corrected chi connectivity index (χ1v) is 15.3. The van der Waals surface area contributed by atoms with Crippen molar-refractivity contribution in [2.75, 3.05) is 0 Å². The number of rotatable bonds is 2. The normalized spacial score (nSPS) is 15.8. The van der Waals surface area contributed by atoms with E-state index in [-0.39, 0.29) is 10.8 Å². The van der Waals surface area contributed by atoms with Crippen molar-refractivity contribution in [3.05, 3.63) is 149 Å². The van der Waals surface area contributed by atoms with Crippen LogP contribution in [0.5, 0.6) is 0 Å². The fourth-order valence-electron chi connectivity index (χ4n) is 6.61. The Hall–Kier alpha value is -4.84. The molecule has 44 heavy (non-hydrogen) atoms. The average molecular weight is 579 g/mol. The van der Waals surface area contributed by atoms with Crippen molar-refractivity contribution >= 4 is 0 Å². The summed E-state index contributed by atoms with van der Waals surface area (Å²) < 4.78 is 4.13. The molecule has 7 rings (SSSR count). The summed E-state index contributed by atoms with van der Waals surface area (Å²) >= 11 is 0. The van der Waals surface area contributed by atoms with Gasteiger partial charge in [0, 0.05) is 20.9 Å². The molecule has 2 aromatic heterocycles. The van der Waals surface area contributed by atoms with Crippen LogP contribution in [0.15, 0.2) is 84.9 Å². The van der Waals surface area contributed by atoms with E-state index in [1.165, 1.54) is 11.1 Å². The highest BCUT2D eigenvalue weighted by atomic mass is 15.4. The van der Waals surface area contributed by atoms with Gasteiger partial charge in [-0.05, 0) is 46.9 Å². The first kappa shape index (κ1) is 28.0. The van der Waals surface area contributed by atoms with E-state index in [0.717, 1.165) is 64.8 Å². The highest BCUT2D eigenvalue weighted by Crippen LogP contribution is 2.32. The Labute approximate surface area is 256 Å². The molecular formula is C38H38N6. The molecule has 2 heterocycles. The van der Waals surface area contributed by atoms with Gasteiger partial charge in [-0.2, -0.15) is 0 Å². The Kier molecular flexibility index (Phi) is 6.26. The van der Waals surface area contributed by atoms with E-state index in [2.05, 4.69) is 150 Å². The zero-order chi connectivity index (χ0) is 31.0. The fourth-order valence-corrected chi connectivity index (χ4v) is 6.61. The molecule has 1 aliphatic carbocycles. The van der Waals surface area contributed by atoms with Crippen LogP contribution in [0.3, 0.4) is 0 Å². The number of nitrogens with zero attached hydrogens (tertiary/aromatic N) is 6. The Morgan fingerprint density at radius 3 is 1.18 bits per heavy atom. The third kappa shape index (κ3) is 4.23. The van der Waals surface area contributed by atoms with Crippen molar-refractivity contribution in [2.24, 2.45) is 0 Å². The van der Waals surface area contributed by atoms with E-state index in [0.29, 0.717) is 0 Å². The number of aryl methyl sites for hydroxylation is 2. The van der Waals surface area contributed by atoms with Crippen molar-refractivity contribution < 1.29 is 0 Å². The number of fused-ring (bicyclic) bond motifs is 4. The lowest BCUT2D eigenvalue weighted by atomic mass is 9.84. The topological polar surface area (TPSA) is 61.4 Å². The quantitative estimate of drug-likeness (QED) is 0.213. The van der Waals surface area contributed by atoms with Crippen molar-refractivity contribution in [3.63, 3.8) is 0 Å². The number of para-hydroxylation sites is 2. The van der Waals surface area contributed by atoms with Crippen LogP contribution in [0.2, 0.25) is 0 Å². The Bertz CT molecular complexity index is 2320. The summed E-state index contributed by atoms with van der Waals surface area (Å²) in [6.45, 7) is 17.8. The van der Waals surface area contributed by atoms with E-state index in [9.17, 15) is 0 Å². The lowest BCUT2D eigenvalue weighted by Gasteiger charge is -2.24. The molecule has 0 unspecified atom stereocenters. The largest absolute Gasteiger partial charge is 0.212 e. The number of benzene rings is 4. The van der Waals surface area contributed by atoms with Gasteiger partial charge in [0.1, 0.15) is 21.4 Å². The maximum atomic E-state index is 4.90. The van der Waals surface area contributed by atoms with Crippen LogP contribution in [0, 0.1) is 56.1 Å². The zero-order valence-corrected chi connectivity index (χ0v) is 26.8. The summed E-state index contributed by atoms with van der Waals surface area (Å²) in [5.41, 5.74) is 6.71. The monoisotopic (exact) mass is 578 g/mol. The van der Waals surface area contributed by atoms with Crippen LogP contribution >= 0.6 is 0 Å². The van der Waals surface area contributed by atoms with E-state index in [1.54, 1.807) is 0 Å². The van der Waals surface area contributed by atoms with Crippen LogP contribution in [0.25, 0.3) is 11.4 Å². The molecule has 1 aliphatic rings. The van der Waals surface area contributed by atoms with Gasteiger partial charge in [-0.1, -0.05) is 137 Å². The van der Waals surface area contributed by atoms with Crippen molar-refractivity contribution in [2.45, 2.75) is 66.2 Å². The third-order valence-electron chi connectivity index (χ3n) is 8.73. The summed E-state index contributed by atoms with van der Waals surface area (Å²) in [5, 5.41) is 27.2. The van der Waals surface area contributed by atoms with Gasteiger partial charge in [0.2, 0.25) is 0 Å². The third-order valence-corrected chi connectivity index (χ3v) is 8.73. The second kappa shape index (κ2) is 9.84. The molecule has 0 fully saturated rings. The lowest BCUT2D eigenvalue weighted by Crippen LogP contribution is -2.17. The summed E-state index contributed by atoms with van der Waals surface area (Å²) in [6.07, 6.45) is 0. The molecule has 0 spiro atoms. The molecule has 0 radical (unpaired) electrons. The maximum absolute atomic E-state index is 4.90. The first-order valence-electron chi connectivity index (χ1n) is 15.3. The minimum atomic E-state index is -0.0941. The molecule has 0 atom stereocenters. The Balaban J connectivity index is 1.84. The van der Waals surface area contributed by atoms with Gasteiger partial charge < -0.3 is 0 Å². The average Bonchev–Trinajstić information content (AvgIpc) is 3.60.